The fraction of sp³-hybridized carbons (Fsp3) is 0.304. The van der Waals surface area contributed by atoms with Crippen LogP contribution < -0.4 is 19.1 Å². The number of anilines is 1. The third-order valence-electron chi connectivity index (χ3n) is 5.06. The summed E-state index contributed by atoms with van der Waals surface area (Å²) in [5, 5.41) is 10.7. The van der Waals surface area contributed by atoms with Crippen molar-refractivity contribution in [2.24, 2.45) is 5.92 Å². The van der Waals surface area contributed by atoms with E-state index in [-0.39, 0.29) is 22.6 Å². The van der Waals surface area contributed by atoms with Gasteiger partial charge in [-0.3, -0.25) is 14.5 Å². The van der Waals surface area contributed by atoms with Gasteiger partial charge in [-0.1, -0.05) is 32.0 Å². The number of ether oxygens (including phenoxy) is 3. The summed E-state index contributed by atoms with van der Waals surface area (Å²) in [4.78, 5) is 27.3. The van der Waals surface area contributed by atoms with E-state index in [2.05, 4.69) is 4.74 Å². The number of Topliss-reactive ketones (excluding diaryl/α,β-unsaturated/α-hetero) is 1. The van der Waals surface area contributed by atoms with Crippen molar-refractivity contribution in [3.05, 3.63) is 59.4 Å². The molecule has 1 N–H and O–H groups in total. The molecule has 0 fully saturated rings. The van der Waals surface area contributed by atoms with E-state index >= 15 is 0 Å². The molecule has 3 rings (SSSR count). The molecule has 0 aliphatic carbocycles. The Bertz CT molecular complexity index is 1070. The summed E-state index contributed by atoms with van der Waals surface area (Å²) in [7, 11) is 2.72. The van der Waals surface area contributed by atoms with Gasteiger partial charge >= 0.3 is 6.61 Å². The van der Waals surface area contributed by atoms with E-state index in [0.29, 0.717) is 11.4 Å². The molecule has 0 bridgehead atoms. The second-order valence-corrected chi connectivity index (χ2v) is 7.32. The van der Waals surface area contributed by atoms with Gasteiger partial charge < -0.3 is 19.3 Å². The lowest BCUT2D eigenvalue weighted by Gasteiger charge is -2.29. The number of carbonyl (C=O) groups excluding carboxylic acids is 2. The van der Waals surface area contributed by atoms with Gasteiger partial charge in [-0.15, -0.1) is 0 Å². The van der Waals surface area contributed by atoms with Crippen LogP contribution in [-0.2, 0) is 9.59 Å². The molecule has 170 valence electrons. The molecule has 1 heterocycles. The average Bonchev–Trinajstić information content (AvgIpc) is 3.03. The van der Waals surface area contributed by atoms with Crippen LogP contribution in [0.4, 0.5) is 14.5 Å². The van der Waals surface area contributed by atoms with Crippen molar-refractivity contribution in [3.8, 4) is 17.2 Å². The van der Waals surface area contributed by atoms with Crippen LogP contribution in [0, 0.1) is 5.92 Å². The largest absolute Gasteiger partial charge is 0.503 e. The molecule has 0 saturated carbocycles. The monoisotopic (exact) mass is 447 g/mol. The number of halogens is 2. The zero-order valence-corrected chi connectivity index (χ0v) is 18.0. The van der Waals surface area contributed by atoms with Crippen LogP contribution in [0.5, 0.6) is 17.2 Å². The van der Waals surface area contributed by atoms with Crippen molar-refractivity contribution < 1.29 is 37.7 Å². The number of alkyl halides is 2. The molecule has 7 nitrogen and oxygen atoms in total. The molecular formula is C23H23F2NO6. The summed E-state index contributed by atoms with van der Waals surface area (Å²) in [6, 6.07) is 9.66. The van der Waals surface area contributed by atoms with Crippen LogP contribution in [0.15, 0.2) is 53.8 Å². The zero-order chi connectivity index (χ0) is 23.6. The van der Waals surface area contributed by atoms with Gasteiger partial charge in [0.1, 0.15) is 5.75 Å². The summed E-state index contributed by atoms with van der Waals surface area (Å²) in [6.45, 7) is 0.153. The van der Waals surface area contributed by atoms with E-state index in [9.17, 15) is 23.5 Å². The number of hydrogen-bond acceptors (Lipinski definition) is 6. The normalized spacial score (nSPS) is 16.2. The molecule has 2 aromatic carbocycles. The minimum atomic E-state index is -3.12. The van der Waals surface area contributed by atoms with Crippen molar-refractivity contribution in [2.75, 3.05) is 19.1 Å². The second kappa shape index (κ2) is 9.25. The van der Waals surface area contributed by atoms with Crippen molar-refractivity contribution >= 4 is 17.4 Å². The number of ketones is 1. The first kappa shape index (κ1) is 23.1. The van der Waals surface area contributed by atoms with Crippen LogP contribution in [-0.4, -0.2) is 37.6 Å². The van der Waals surface area contributed by atoms with Crippen molar-refractivity contribution in [3.63, 3.8) is 0 Å². The molecule has 1 atom stereocenters. The Labute approximate surface area is 183 Å². The van der Waals surface area contributed by atoms with Gasteiger partial charge in [-0.05, 0) is 29.8 Å². The summed E-state index contributed by atoms with van der Waals surface area (Å²) >= 11 is 0. The Kier molecular flexibility index (Phi) is 6.67. The molecule has 0 radical (unpaired) electrons. The quantitative estimate of drug-likeness (QED) is 0.645. The zero-order valence-electron chi connectivity index (χ0n) is 18.0. The molecule has 0 unspecified atom stereocenters. The highest BCUT2D eigenvalue weighted by Gasteiger charge is 2.45. The smallest absolute Gasteiger partial charge is 0.387 e. The van der Waals surface area contributed by atoms with Crippen LogP contribution >= 0.6 is 0 Å². The van der Waals surface area contributed by atoms with E-state index < -0.39 is 36.0 Å². The maximum atomic E-state index is 13.1. The van der Waals surface area contributed by atoms with Gasteiger partial charge in [0.05, 0.1) is 31.5 Å². The highest BCUT2D eigenvalue weighted by molar-refractivity contribution is 6.17. The van der Waals surface area contributed by atoms with Crippen LogP contribution in [0.2, 0.25) is 0 Å². The first-order valence-electron chi connectivity index (χ1n) is 9.77. The lowest BCUT2D eigenvalue weighted by Crippen LogP contribution is -2.31. The highest BCUT2D eigenvalue weighted by atomic mass is 19.3. The maximum Gasteiger partial charge on any atom is 0.387 e. The number of para-hydroxylation sites is 2. The van der Waals surface area contributed by atoms with Crippen LogP contribution in [0.3, 0.4) is 0 Å². The number of aliphatic hydroxyl groups excluding tert-OH is 1. The second-order valence-electron chi connectivity index (χ2n) is 7.32. The minimum Gasteiger partial charge on any atom is -0.503 e. The number of aliphatic hydroxyl groups is 1. The van der Waals surface area contributed by atoms with Crippen molar-refractivity contribution in [1.29, 1.82) is 0 Å². The van der Waals surface area contributed by atoms with Crippen molar-refractivity contribution in [1.82, 2.24) is 0 Å². The summed E-state index contributed by atoms with van der Waals surface area (Å²) in [6.07, 6.45) is 0. The van der Waals surface area contributed by atoms with Crippen LogP contribution in [0.1, 0.15) is 25.5 Å². The summed E-state index contributed by atoms with van der Waals surface area (Å²) in [5.74, 6) is -2.39. The van der Waals surface area contributed by atoms with Gasteiger partial charge in [-0.2, -0.15) is 8.78 Å². The third-order valence-corrected chi connectivity index (χ3v) is 5.06. The highest BCUT2D eigenvalue weighted by Crippen LogP contribution is 2.46. The fourth-order valence-electron chi connectivity index (χ4n) is 3.61. The number of nitrogens with zero attached hydrogens (tertiary/aromatic N) is 1. The van der Waals surface area contributed by atoms with E-state index in [4.69, 9.17) is 9.47 Å². The number of methoxy groups -OCH3 is 2. The Balaban J connectivity index is 2.25. The number of amides is 1. The SMILES string of the molecule is COc1ccc([C@@H]2C(C(=O)C(C)C)=C(O)C(=O)N2c2ccccc2OC)cc1OC(F)F. The number of hydrogen-bond donors (Lipinski definition) is 1. The predicted octanol–water partition coefficient (Wildman–Crippen LogP) is 4.43. The molecule has 9 heteroatoms. The maximum absolute atomic E-state index is 13.1. The van der Waals surface area contributed by atoms with E-state index in [1.165, 1.54) is 37.3 Å². The van der Waals surface area contributed by atoms with E-state index in [1.54, 1.807) is 38.1 Å². The molecule has 0 spiro atoms. The first-order chi connectivity index (χ1) is 15.2. The van der Waals surface area contributed by atoms with E-state index in [1.807, 2.05) is 0 Å². The van der Waals surface area contributed by atoms with Gasteiger partial charge in [0.2, 0.25) is 0 Å². The topological polar surface area (TPSA) is 85.3 Å². The number of benzene rings is 2. The molecule has 0 aromatic heterocycles. The minimum absolute atomic E-state index is 0.0483. The Hall–Kier alpha value is -3.62. The van der Waals surface area contributed by atoms with Gasteiger partial charge in [0.25, 0.3) is 5.91 Å². The summed E-state index contributed by atoms with van der Waals surface area (Å²) < 4.78 is 40.9. The third kappa shape index (κ3) is 4.10. The lowest BCUT2D eigenvalue weighted by molar-refractivity contribution is -0.119. The predicted molar refractivity (Wildman–Crippen MR) is 112 cm³/mol. The van der Waals surface area contributed by atoms with E-state index in [0.717, 1.165) is 0 Å². The molecule has 0 saturated heterocycles. The number of carbonyl (C=O) groups is 2. The molecule has 1 aliphatic heterocycles. The molecule has 1 amide bonds. The first-order valence-corrected chi connectivity index (χ1v) is 9.77. The van der Waals surface area contributed by atoms with Crippen molar-refractivity contribution in [2.45, 2.75) is 26.5 Å². The average molecular weight is 447 g/mol. The van der Waals surface area contributed by atoms with Crippen LogP contribution in [0.25, 0.3) is 0 Å². The Morgan fingerprint density at radius 1 is 1.03 bits per heavy atom. The van der Waals surface area contributed by atoms with Gasteiger partial charge in [-0.25, -0.2) is 0 Å². The molecular weight excluding hydrogens is 424 g/mol. The Morgan fingerprint density at radius 3 is 2.28 bits per heavy atom. The fourth-order valence-corrected chi connectivity index (χ4v) is 3.61. The molecule has 32 heavy (non-hydrogen) atoms. The lowest BCUT2D eigenvalue weighted by atomic mass is 9.91. The van der Waals surface area contributed by atoms with Gasteiger partial charge in [0, 0.05) is 5.92 Å². The Morgan fingerprint density at radius 2 is 1.69 bits per heavy atom. The molecule has 1 aliphatic rings. The molecule has 2 aromatic rings. The van der Waals surface area contributed by atoms with Gasteiger partial charge in [0.15, 0.2) is 23.0 Å². The standard InChI is InChI=1S/C23H23F2NO6/c1-12(2)20(27)18-19(13-9-10-16(31-4)17(11-13)32-23(24)25)26(22(29)21(18)28)14-7-5-6-8-15(14)30-3/h5-12,19,23,28H,1-4H3/t19-/m1/s1. The summed E-state index contributed by atoms with van der Waals surface area (Å²) in [5.41, 5.74) is 0.438. The number of rotatable bonds is 8.